The van der Waals surface area contributed by atoms with Crippen molar-refractivity contribution in [2.45, 2.75) is 17.5 Å². The molecule has 0 saturated carbocycles. The Bertz CT molecular complexity index is 1480. The molecule has 0 unspecified atom stereocenters. The average molecular weight is 446 g/mol. The van der Waals surface area contributed by atoms with Gasteiger partial charge in [-0.1, -0.05) is 30.0 Å². The van der Waals surface area contributed by atoms with Crippen molar-refractivity contribution in [1.82, 2.24) is 24.1 Å². The van der Waals surface area contributed by atoms with Gasteiger partial charge in [0.2, 0.25) is 11.7 Å². The minimum absolute atomic E-state index is 0.113. The van der Waals surface area contributed by atoms with Gasteiger partial charge in [-0.05, 0) is 36.4 Å². The lowest BCUT2D eigenvalue weighted by molar-refractivity contribution is 0.415. The van der Waals surface area contributed by atoms with E-state index in [1.54, 1.807) is 24.0 Å². The summed E-state index contributed by atoms with van der Waals surface area (Å²) in [5, 5.41) is 9.89. The van der Waals surface area contributed by atoms with Gasteiger partial charge < -0.3 is 9.15 Å². The summed E-state index contributed by atoms with van der Waals surface area (Å²) < 4.78 is 14.3. The number of hydrogen-bond donors (Lipinski definition) is 0. The number of para-hydroxylation sites is 1. The molecule has 0 atom stereocenters. The van der Waals surface area contributed by atoms with Gasteiger partial charge in [0.1, 0.15) is 12.0 Å². The van der Waals surface area contributed by atoms with Crippen LogP contribution in [0.5, 0.6) is 5.75 Å². The van der Waals surface area contributed by atoms with E-state index in [2.05, 4.69) is 21.8 Å². The molecule has 0 aliphatic carbocycles. The second-order valence-electron chi connectivity index (χ2n) is 7.00. The molecule has 0 saturated heterocycles. The standard InChI is InChI=1S/C23H19N5O3S/c1-3-12-27-21(29)18-6-4-5-7-19(18)28-22(27)25-26-23(28)32-14-16-13-31-20(24-16)15-8-10-17(30-2)11-9-15/h3-11,13H,1,12,14H2,2H3. The van der Waals surface area contributed by atoms with Gasteiger partial charge in [-0.2, -0.15) is 0 Å². The van der Waals surface area contributed by atoms with Crippen LogP contribution < -0.4 is 10.3 Å². The summed E-state index contributed by atoms with van der Waals surface area (Å²) in [6.45, 7) is 4.11. The number of allylic oxidation sites excluding steroid dienone is 1. The molecule has 8 nitrogen and oxygen atoms in total. The summed E-state index contributed by atoms with van der Waals surface area (Å²) in [5.74, 6) is 2.33. The number of methoxy groups -OCH3 is 1. The van der Waals surface area contributed by atoms with Crippen molar-refractivity contribution >= 4 is 28.4 Å². The molecule has 0 radical (unpaired) electrons. The van der Waals surface area contributed by atoms with E-state index in [0.29, 0.717) is 34.5 Å². The number of hydrogen-bond acceptors (Lipinski definition) is 7. The van der Waals surface area contributed by atoms with Gasteiger partial charge in [0.15, 0.2) is 5.16 Å². The second-order valence-corrected chi connectivity index (χ2v) is 7.94. The van der Waals surface area contributed by atoms with Crippen LogP contribution in [0.3, 0.4) is 0 Å². The molecule has 0 aliphatic rings. The summed E-state index contributed by atoms with van der Waals surface area (Å²) in [4.78, 5) is 17.5. The molecule has 2 aromatic carbocycles. The molecule has 0 amide bonds. The molecule has 3 heterocycles. The first-order chi connectivity index (χ1) is 15.7. The zero-order valence-electron chi connectivity index (χ0n) is 17.3. The van der Waals surface area contributed by atoms with Gasteiger partial charge in [-0.15, -0.1) is 16.8 Å². The molecule has 0 spiro atoms. The molecular formula is C23H19N5O3S. The number of ether oxygens (including phenoxy) is 1. The SMILES string of the molecule is C=CCn1c(=O)c2ccccc2n2c(SCc3coc(-c4ccc(OC)cc4)n3)nnc12. The highest BCUT2D eigenvalue weighted by Gasteiger charge is 2.17. The van der Waals surface area contributed by atoms with Crippen molar-refractivity contribution in [3.05, 3.63) is 83.5 Å². The van der Waals surface area contributed by atoms with Crippen LogP contribution in [0.1, 0.15) is 5.69 Å². The molecule has 5 aromatic rings. The number of aromatic nitrogens is 5. The van der Waals surface area contributed by atoms with Crippen molar-refractivity contribution in [1.29, 1.82) is 0 Å². The van der Waals surface area contributed by atoms with Crippen molar-refractivity contribution < 1.29 is 9.15 Å². The van der Waals surface area contributed by atoms with Gasteiger partial charge in [0.05, 0.1) is 23.7 Å². The smallest absolute Gasteiger partial charge is 0.263 e. The number of nitrogens with zero attached hydrogens (tertiary/aromatic N) is 5. The summed E-state index contributed by atoms with van der Waals surface area (Å²) >= 11 is 1.48. The molecule has 160 valence electrons. The molecule has 3 aromatic heterocycles. The third-order valence-electron chi connectivity index (χ3n) is 5.03. The summed E-state index contributed by atoms with van der Waals surface area (Å²) in [7, 11) is 1.63. The lowest BCUT2D eigenvalue weighted by Crippen LogP contribution is -2.22. The van der Waals surface area contributed by atoms with Crippen LogP contribution in [0.2, 0.25) is 0 Å². The molecule has 32 heavy (non-hydrogen) atoms. The molecule has 0 N–H and O–H groups in total. The first kappa shape index (κ1) is 20.1. The average Bonchev–Trinajstić information content (AvgIpc) is 3.48. The van der Waals surface area contributed by atoms with Gasteiger partial charge >= 0.3 is 0 Å². The maximum atomic E-state index is 12.9. The first-order valence-electron chi connectivity index (χ1n) is 9.89. The van der Waals surface area contributed by atoms with Crippen LogP contribution in [0.4, 0.5) is 0 Å². The second kappa shape index (κ2) is 8.35. The van der Waals surface area contributed by atoms with Crippen LogP contribution >= 0.6 is 11.8 Å². The number of benzene rings is 2. The van der Waals surface area contributed by atoms with Crippen molar-refractivity contribution in [3.8, 4) is 17.2 Å². The highest BCUT2D eigenvalue weighted by atomic mass is 32.2. The van der Waals surface area contributed by atoms with Crippen LogP contribution in [0.25, 0.3) is 28.1 Å². The number of fused-ring (bicyclic) bond motifs is 3. The predicted octanol–water partition coefficient (Wildman–Crippen LogP) is 4.19. The molecule has 5 rings (SSSR count). The Morgan fingerprint density at radius 2 is 1.97 bits per heavy atom. The zero-order valence-corrected chi connectivity index (χ0v) is 18.1. The minimum atomic E-state index is -0.113. The third-order valence-corrected chi connectivity index (χ3v) is 5.99. The molecule has 0 bridgehead atoms. The normalized spacial score (nSPS) is 11.3. The monoisotopic (exact) mass is 445 g/mol. The first-order valence-corrected chi connectivity index (χ1v) is 10.9. The molecule has 0 aliphatic heterocycles. The van der Waals surface area contributed by atoms with Gasteiger partial charge in [0, 0.05) is 17.9 Å². The fourth-order valence-corrected chi connectivity index (χ4v) is 4.32. The highest BCUT2D eigenvalue weighted by Crippen LogP contribution is 2.27. The van der Waals surface area contributed by atoms with Crippen LogP contribution in [-0.4, -0.2) is 31.3 Å². The summed E-state index contributed by atoms with van der Waals surface area (Å²) in [5.41, 5.74) is 2.30. The van der Waals surface area contributed by atoms with Crippen LogP contribution in [0, 0.1) is 0 Å². The van der Waals surface area contributed by atoms with E-state index in [9.17, 15) is 4.79 Å². The van der Waals surface area contributed by atoms with Crippen LogP contribution in [-0.2, 0) is 12.3 Å². The van der Waals surface area contributed by atoms with E-state index in [1.807, 2.05) is 52.9 Å². The number of thioether (sulfide) groups is 1. The van der Waals surface area contributed by atoms with Gasteiger partial charge in [-0.3, -0.25) is 13.8 Å². The van der Waals surface area contributed by atoms with Crippen molar-refractivity contribution in [3.63, 3.8) is 0 Å². The topological polar surface area (TPSA) is 87.5 Å². The van der Waals surface area contributed by atoms with E-state index in [4.69, 9.17) is 9.15 Å². The fraction of sp³-hybridized carbons (Fsp3) is 0.130. The van der Waals surface area contributed by atoms with E-state index in [0.717, 1.165) is 22.5 Å². The maximum absolute atomic E-state index is 12.9. The predicted molar refractivity (Wildman–Crippen MR) is 123 cm³/mol. The molecule has 9 heteroatoms. The van der Waals surface area contributed by atoms with Crippen molar-refractivity contribution in [2.75, 3.05) is 7.11 Å². The Kier molecular flexibility index (Phi) is 5.24. The van der Waals surface area contributed by atoms with E-state index in [1.165, 1.54) is 11.8 Å². The Labute approximate surface area is 187 Å². The largest absolute Gasteiger partial charge is 0.497 e. The van der Waals surface area contributed by atoms with Crippen LogP contribution in [0.15, 0.2) is 81.8 Å². The maximum Gasteiger partial charge on any atom is 0.263 e. The van der Waals surface area contributed by atoms with Gasteiger partial charge in [-0.25, -0.2) is 4.98 Å². The lowest BCUT2D eigenvalue weighted by atomic mass is 10.2. The quantitative estimate of drug-likeness (QED) is 0.274. The summed E-state index contributed by atoms with van der Waals surface area (Å²) in [6, 6.07) is 15.0. The van der Waals surface area contributed by atoms with E-state index in [-0.39, 0.29) is 5.56 Å². The fourth-order valence-electron chi connectivity index (χ4n) is 3.50. The Balaban J connectivity index is 1.47. The van der Waals surface area contributed by atoms with E-state index < -0.39 is 0 Å². The third kappa shape index (κ3) is 3.46. The number of rotatable bonds is 7. The van der Waals surface area contributed by atoms with E-state index >= 15 is 0 Å². The Morgan fingerprint density at radius 3 is 2.75 bits per heavy atom. The Hall–Kier alpha value is -3.85. The minimum Gasteiger partial charge on any atom is -0.497 e. The lowest BCUT2D eigenvalue weighted by Gasteiger charge is -2.09. The van der Waals surface area contributed by atoms with Gasteiger partial charge in [0.25, 0.3) is 5.56 Å². The molecular weight excluding hydrogens is 426 g/mol. The molecule has 0 fully saturated rings. The Morgan fingerprint density at radius 1 is 1.16 bits per heavy atom. The highest BCUT2D eigenvalue weighted by molar-refractivity contribution is 7.98. The summed E-state index contributed by atoms with van der Waals surface area (Å²) in [6.07, 6.45) is 3.31. The van der Waals surface area contributed by atoms with Crippen molar-refractivity contribution in [2.24, 2.45) is 0 Å². The zero-order chi connectivity index (χ0) is 22.1. The number of oxazole rings is 1.